The molecule has 1 aliphatic heterocycles. The van der Waals surface area contributed by atoms with Gasteiger partial charge in [0, 0.05) is 13.1 Å². The van der Waals surface area contributed by atoms with Crippen LogP contribution in [0.25, 0.3) is 0 Å². The molecule has 1 unspecified atom stereocenters. The van der Waals surface area contributed by atoms with E-state index in [9.17, 15) is 4.79 Å². The van der Waals surface area contributed by atoms with Crippen molar-refractivity contribution in [2.24, 2.45) is 0 Å². The van der Waals surface area contributed by atoms with Gasteiger partial charge in [0.2, 0.25) is 11.1 Å². The molecule has 1 amide bonds. The third kappa shape index (κ3) is 3.50. The van der Waals surface area contributed by atoms with Gasteiger partial charge in [-0.3, -0.25) is 4.79 Å². The Bertz CT molecular complexity index is 666. The monoisotopic (exact) mass is 331 g/mol. The van der Waals surface area contributed by atoms with Gasteiger partial charge in [-0.25, -0.2) is 4.68 Å². The molecule has 23 heavy (non-hydrogen) atoms. The molecule has 2 heterocycles. The Morgan fingerprint density at radius 3 is 2.48 bits per heavy atom. The molecule has 0 spiro atoms. The van der Waals surface area contributed by atoms with Crippen LogP contribution >= 0.6 is 11.8 Å². The zero-order valence-electron chi connectivity index (χ0n) is 13.2. The third-order valence-corrected chi connectivity index (χ3v) is 5.25. The van der Waals surface area contributed by atoms with E-state index >= 15 is 0 Å². The normalized spacial score (nSPS) is 16.3. The summed E-state index contributed by atoms with van der Waals surface area (Å²) in [6.07, 6.45) is 3.34. The SMILES string of the molecule is Cc1nnc(SC(C(=O)N2CCCCC2)c2ccccc2)n1N. The first kappa shape index (κ1) is 15.9. The quantitative estimate of drug-likeness (QED) is 0.686. The fraction of sp³-hybridized carbons (Fsp3) is 0.438. The summed E-state index contributed by atoms with van der Waals surface area (Å²) in [6.45, 7) is 3.45. The highest BCUT2D eigenvalue weighted by Gasteiger charge is 2.29. The second kappa shape index (κ2) is 7.04. The van der Waals surface area contributed by atoms with E-state index in [1.54, 1.807) is 6.92 Å². The summed E-state index contributed by atoms with van der Waals surface area (Å²) in [6, 6.07) is 9.80. The van der Waals surface area contributed by atoms with E-state index in [0.717, 1.165) is 31.5 Å². The van der Waals surface area contributed by atoms with E-state index in [0.29, 0.717) is 11.0 Å². The average molecular weight is 331 g/mol. The van der Waals surface area contributed by atoms with E-state index in [4.69, 9.17) is 5.84 Å². The second-order valence-corrected chi connectivity index (χ2v) is 6.77. The van der Waals surface area contributed by atoms with Crippen LogP contribution in [0.2, 0.25) is 0 Å². The van der Waals surface area contributed by atoms with E-state index < -0.39 is 0 Å². The maximum absolute atomic E-state index is 13.0. The van der Waals surface area contributed by atoms with E-state index in [1.807, 2.05) is 35.2 Å². The Labute approximate surface area is 140 Å². The maximum atomic E-state index is 13.0. The molecule has 2 N–H and O–H groups in total. The van der Waals surface area contributed by atoms with E-state index in [1.165, 1.54) is 22.9 Å². The summed E-state index contributed by atoms with van der Waals surface area (Å²) < 4.78 is 1.43. The predicted molar refractivity (Wildman–Crippen MR) is 90.4 cm³/mol. The Morgan fingerprint density at radius 2 is 1.87 bits per heavy atom. The van der Waals surface area contributed by atoms with Crippen molar-refractivity contribution in [1.29, 1.82) is 0 Å². The van der Waals surface area contributed by atoms with Gasteiger partial charge in [0.1, 0.15) is 11.1 Å². The highest BCUT2D eigenvalue weighted by Crippen LogP contribution is 2.36. The molecule has 122 valence electrons. The zero-order chi connectivity index (χ0) is 16.2. The van der Waals surface area contributed by atoms with Crippen LogP contribution in [0.3, 0.4) is 0 Å². The molecule has 0 aliphatic carbocycles. The second-order valence-electron chi connectivity index (χ2n) is 5.69. The number of aromatic nitrogens is 3. The van der Waals surface area contributed by atoms with Crippen LogP contribution in [0.5, 0.6) is 0 Å². The molecule has 1 atom stereocenters. The molecule has 7 heteroatoms. The lowest BCUT2D eigenvalue weighted by Gasteiger charge is -2.30. The van der Waals surface area contributed by atoms with Gasteiger partial charge in [-0.2, -0.15) is 0 Å². The topological polar surface area (TPSA) is 77.0 Å². The first-order chi connectivity index (χ1) is 11.2. The van der Waals surface area contributed by atoms with Crippen molar-refractivity contribution in [3.63, 3.8) is 0 Å². The van der Waals surface area contributed by atoms with Crippen LogP contribution in [0.4, 0.5) is 0 Å². The zero-order valence-corrected chi connectivity index (χ0v) is 14.0. The van der Waals surface area contributed by atoms with Gasteiger partial charge in [0.05, 0.1) is 0 Å². The van der Waals surface area contributed by atoms with E-state index in [2.05, 4.69) is 10.2 Å². The fourth-order valence-electron chi connectivity index (χ4n) is 2.70. The van der Waals surface area contributed by atoms with Gasteiger partial charge in [-0.1, -0.05) is 42.1 Å². The summed E-state index contributed by atoms with van der Waals surface area (Å²) in [7, 11) is 0. The summed E-state index contributed by atoms with van der Waals surface area (Å²) in [5, 5.41) is 8.28. The lowest BCUT2D eigenvalue weighted by Crippen LogP contribution is -2.38. The van der Waals surface area contributed by atoms with Crippen LogP contribution in [0.15, 0.2) is 35.5 Å². The molecule has 0 bridgehead atoms. The average Bonchev–Trinajstić information content (AvgIpc) is 2.92. The molecule has 0 radical (unpaired) electrons. The molecule has 1 aromatic carbocycles. The van der Waals surface area contributed by atoms with Crippen LogP contribution in [-0.2, 0) is 4.79 Å². The van der Waals surface area contributed by atoms with Crippen LogP contribution in [-0.4, -0.2) is 38.8 Å². The molecule has 1 saturated heterocycles. The number of hydrogen-bond acceptors (Lipinski definition) is 5. The molecular weight excluding hydrogens is 310 g/mol. The number of hydrogen-bond donors (Lipinski definition) is 1. The number of benzene rings is 1. The lowest BCUT2D eigenvalue weighted by molar-refractivity contribution is -0.131. The number of likely N-dealkylation sites (tertiary alicyclic amines) is 1. The minimum atomic E-state index is -0.347. The van der Waals surface area contributed by atoms with Crippen molar-refractivity contribution in [3.8, 4) is 0 Å². The molecule has 3 rings (SSSR count). The molecule has 1 fully saturated rings. The number of carbonyl (C=O) groups is 1. The van der Waals surface area contributed by atoms with Crippen LogP contribution in [0, 0.1) is 6.92 Å². The highest BCUT2D eigenvalue weighted by atomic mass is 32.2. The number of piperidine rings is 1. The van der Waals surface area contributed by atoms with Crippen molar-refractivity contribution in [2.75, 3.05) is 18.9 Å². The standard InChI is InChI=1S/C16H21N5OS/c1-12-18-19-16(21(12)17)23-14(13-8-4-2-5-9-13)15(22)20-10-6-3-7-11-20/h2,4-5,8-9,14H,3,6-7,10-11,17H2,1H3. The largest absolute Gasteiger partial charge is 0.341 e. The molecule has 1 aliphatic rings. The fourth-order valence-corrected chi connectivity index (χ4v) is 3.79. The highest BCUT2D eigenvalue weighted by molar-refractivity contribution is 8.00. The summed E-state index contributed by atoms with van der Waals surface area (Å²) in [5.74, 6) is 6.71. The molecule has 6 nitrogen and oxygen atoms in total. The third-order valence-electron chi connectivity index (χ3n) is 4.05. The van der Waals surface area contributed by atoms with E-state index in [-0.39, 0.29) is 11.2 Å². The summed E-state index contributed by atoms with van der Waals surface area (Å²) >= 11 is 1.36. The maximum Gasteiger partial charge on any atom is 0.240 e. The summed E-state index contributed by atoms with van der Waals surface area (Å²) in [5.41, 5.74) is 0.966. The summed E-state index contributed by atoms with van der Waals surface area (Å²) in [4.78, 5) is 15.0. The molecule has 0 saturated carbocycles. The Kier molecular flexibility index (Phi) is 4.85. The number of nitrogens with zero attached hydrogens (tertiary/aromatic N) is 4. The van der Waals surface area contributed by atoms with Crippen molar-refractivity contribution in [2.45, 2.75) is 36.6 Å². The number of nitrogen functional groups attached to an aromatic ring is 1. The molecular formula is C16H21N5OS. The van der Waals surface area contributed by atoms with Crippen molar-refractivity contribution in [3.05, 3.63) is 41.7 Å². The van der Waals surface area contributed by atoms with Crippen LogP contribution in [0.1, 0.15) is 35.9 Å². The van der Waals surface area contributed by atoms with Gasteiger partial charge in [-0.05, 0) is 31.7 Å². The van der Waals surface area contributed by atoms with Gasteiger partial charge < -0.3 is 10.7 Å². The number of rotatable bonds is 4. The number of carbonyl (C=O) groups excluding carboxylic acids is 1. The minimum Gasteiger partial charge on any atom is -0.341 e. The van der Waals surface area contributed by atoms with Gasteiger partial charge >= 0.3 is 0 Å². The smallest absolute Gasteiger partial charge is 0.240 e. The number of aryl methyl sites for hydroxylation is 1. The Morgan fingerprint density at radius 1 is 1.17 bits per heavy atom. The molecule has 1 aromatic heterocycles. The van der Waals surface area contributed by atoms with Gasteiger partial charge in [-0.15, -0.1) is 10.2 Å². The van der Waals surface area contributed by atoms with Crippen molar-refractivity contribution in [1.82, 2.24) is 19.8 Å². The Balaban J connectivity index is 1.87. The first-order valence-corrected chi connectivity index (χ1v) is 8.72. The van der Waals surface area contributed by atoms with Gasteiger partial charge in [0.25, 0.3) is 0 Å². The van der Waals surface area contributed by atoms with Crippen molar-refractivity contribution >= 4 is 17.7 Å². The van der Waals surface area contributed by atoms with Crippen molar-refractivity contribution < 1.29 is 4.79 Å². The Hall–Kier alpha value is -2.02. The molecule has 2 aromatic rings. The first-order valence-electron chi connectivity index (χ1n) is 7.84. The number of thioether (sulfide) groups is 1. The van der Waals surface area contributed by atoms with Gasteiger partial charge in [0.15, 0.2) is 0 Å². The number of amides is 1. The minimum absolute atomic E-state index is 0.126. The number of nitrogens with two attached hydrogens (primary N) is 1. The lowest BCUT2D eigenvalue weighted by atomic mass is 10.1. The predicted octanol–water partition coefficient (Wildman–Crippen LogP) is 2.15. The van der Waals surface area contributed by atoms with Crippen LogP contribution < -0.4 is 5.84 Å².